The van der Waals surface area contributed by atoms with E-state index in [-0.39, 0.29) is 24.4 Å². The first-order valence-corrected chi connectivity index (χ1v) is 7.53. The van der Waals surface area contributed by atoms with Gasteiger partial charge in [0.1, 0.15) is 11.6 Å². The molecule has 0 atom stereocenters. The Balaban J connectivity index is 1.81. The third-order valence-corrected chi connectivity index (χ3v) is 3.47. The Morgan fingerprint density at radius 1 is 1.04 bits per heavy atom. The third-order valence-electron chi connectivity index (χ3n) is 2.94. The molecule has 0 aliphatic carbocycles. The van der Waals surface area contributed by atoms with Crippen molar-refractivity contribution < 1.29 is 18.4 Å². The van der Waals surface area contributed by atoms with Gasteiger partial charge in [-0.25, -0.2) is 8.78 Å². The molecule has 0 unspecified atom stereocenters. The molecule has 2 amide bonds. The van der Waals surface area contributed by atoms with Crippen LogP contribution in [0.2, 0.25) is 0 Å². The third kappa shape index (κ3) is 5.14. The van der Waals surface area contributed by atoms with Crippen LogP contribution in [0.15, 0.2) is 46.9 Å². The minimum absolute atomic E-state index is 0.0324. The van der Waals surface area contributed by atoms with Gasteiger partial charge in [-0.2, -0.15) is 0 Å². The van der Waals surface area contributed by atoms with Gasteiger partial charge in [-0.15, -0.1) is 0 Å². The SMILES string of the molecule is O=C(CCNC(=O)c1ccc(F)cc1F)Nc1ccc(Br)cc1. The summed E-state index contributed by atoms with van der Waals surface area (Å²) in [6, 6.07) is 9.72. The van der Waals surface area contributed by atoms with Gasteiger partial charge in [-0.1, -0.05) is 15.9 Å². The van der Waals surface area contributed by atoms with Gasteiger partial charge >= 0.3 is 0 Å². The van der Waals surface area contributed by atoms with Crippen molar-refractivity contribution in [2.24, 2.45) is 0 Å². The van der Waals surface area contributed by atoms with E-state index in [2.05, 4.69) is 26.6 Å². The monoisotopic (exact) mass is 382 g/mol. The first kappa shape index (κ1) is 17.1. The molecule has 2 N–H and O–H groups in total. The van der Waals surface area contributed by atoms with Crippen LogP contribution in [-0.4, -0.2) is 18.4 Å². The fraction of sp³-hybridized carbons (Fsp3) is 0.125. The fourth-order valence-electron chi connectivity index (χ4n) is 1.82. The van der Waals surface area contributed by atoms with Crippen LogP contribution in [0.5, 0.6) is 0 Å². The summed E-state index contributed by atoms with van der Waals surface area (Å²) in [6.45, 7) is 0.0397. The number of rotatable bonds is 5. The minimum Gasteiger partial charge on any atom is -0.351 e. The number of hydrogen-bond donors (Lipinski definition) is 2. The largest absolute Gasteiger partial charge is 0.351 e. The highest BCUT2D eigenvalue weighted by atomic mass is 79.9. The molecule has 0 bridgehead atoms. The van der Waals surface area contributed by atoms with Crippen molar-refractivity contribution in [2.75, 3.05) is 11.9 Å². The number of carbonyl (C=O) groups is 2. The minimum atomic E-state index is -0.943. The lowest BCUT2D eigenvalue weighted by Crippen LogP contribution is -2.28. The Kier molecular flexibility index (Phi) is 5.81. The zero-order chi connectivity index (χ0) is 16.8. The average molecular weight is 383 g/mol. The number of benzene rings is 2. The first-order chi connectivity index (χ1) is 11.0. The smallest absolute Gasteiger partial charge is 0.254 e. The van der Waals surface area contributed by atoms with E-state index in [1.165, 1.54) is 0 Å². The Morgan fingerprint density at radius 3 is 2.39 bits per heavy atom. The Hall–Kier alpha value is -2.28. The maximum Gasteiger partial charge on any atom is 0.254 e. The van der Waals surface area contributed by atoms with Crippen molar-refractivity contribution >= 4 is 33.4 Å². The number of anilines is 1. The molecule has 7 heteroatoms. The number of nitrogens with one attached hydrogen (secondary N) is 2. The normalized spacial score (nSPS) is 10.2. The summed E-state index contributed by atoms with van der Waals surface area (Å²) < 4.78 is 27.1. The van der Waals surface area contributed by atoms with Crippen LogP contribution in [0.3, 0.4) is 0 Å². The summed E-state index contributed by atoms with van der Waals surface area (Å²) in [4.78, 5) is 23.5. The molecule has 120 valence electrons. The van der Waals surface area contributed by atoms with Crippen LogP contribution < -0.4 is 10.6 Å². The number of hydrogen-bond acceptors (Lipinski definition) is 2. The second-order valence-electron chi connectivity index (χ2n) is 4.69. The lowest BCUT2D eigenvalue weighted by molar-refractivity contribution is -0.116. The second-order valence-corrected chi connectivity index (χ2v) is 5.60. The Morgan fingerprint density at radius 2 is 1.74 bits per heavy atom. The number of halogens is 3. The molecule has 2 aromatic carbocycles. The molecule has 2 rings (SSSR count). The molecule has 0 aromatic heterocycles. The molecule has 2 aromatic rings. The molecule has 0 fully saturated rings. The predicted octanol–water partition coefficient (Wildman–Crippen LogP) is 3.49. The van der Waals surface area contributed by atoms with Gasteiger partial charge in [0.2, 0.25) is 5.91 Å². The summed E-state index contributed by atoms with van der Waals surface area (Å²) in [7, 11) is 0. The van der Waals surface area contributed by atoms with Crippen LogP contribution in [-0.2, 0) is 4.79 Å². The van der Waals surface area contributed by atoms with E-state index in [0.29, 0.717) is 11.8 Å². The topological polar surface area (TPSA) is 58.2 Å². The van der Waals surface area contributed by atoms with Crippen molar-refractivity contribution in [3.63, 3.8) is 0 Å². The Bertz CT molecular complexity index is 721. The van der Waals surface area contributed by atoms with E-state index in [9.17, 15) is 18.4 Å². The zero-order valence-corrected chi connectivity index (χ0v) is 13.5. The molecule has 23 heavy (non-hydrogen) atoms. The van der Waals surface area contributed by atoms with Crippen LogP contribution in [0.1, 0.15) is 16.8 Å². The second kappa shape index (κ2) is 7.82. The van der Waals surface area contributed by atoms with Gasteiger partial charge in [0, 0.05) is 29.2 Å². The molecule has 0 saturated heterocycles. The highest BCUT2D eigenvalue weighted by molar-refractivity contribution is 9.10. The average Bonchev–Trinajstić information content (AvgIpc) is 2.49. The van der Waals surface area contributed by atoms with Crippen molar-refractivity contribution in [1.29, 1.82) is 0 Å². The number of carbonyl (C=O) groups excluding carboxylic acids is 2. The van der Waals surface area contributed by atoms with Gasteiger partial charge < -0.3 is 10.6 Å². The van der Waals surface area contributed by atoms with Crippen LogP contribution in [0, 0.1) is 11.6 Å². The fourth-order valence-corrected chi connectivity index (χ4v) is 2.08. The molecule has 0 aliphatic rings. The summed E-state index contributed by atoms with van der Waals surface area (Å²) >= 11 is 3.29. The molecule has 4 nitrogen and oxygen atoms in total. The van der Waals surface area contributed by atoms with Crippen molar-refractivity contribution in [3.05, 3.63) is 64.1 Å². The molecule has 0 aliphatic heterocycles. The molecule has 0 saturated carbocycles. The van der Waals surface area contributed by atoms with Gasteiger partial charge in [0.05, 0.1) is 5.56 Å². The summed E-state index contributed by atoms with van der Waals surface area (Å²) in [6.07, 6.45) is 0.0324. The standard InChI is InChI=1S/C16H13BrF2N2O2/c17-10-1-4-12(5-2-10)21-15(22)7-8-20-16(23)13-6-3-11(18)9-14(13)19/h1-6,9H,7-8H2,(H,20,23)(H,21,22). The van der Waals surface area contributed by atoms with Gasteiger partial charge in [-0.05, 0) is 36.4 Å². The van der Waals surface area contributed by atoms with E-state index in [1.54, 1.807) is 24.3 Å². The zero-order valence-electron chi connectivity index (χ0n) is 11.9. The van der Waals surface area contributed by atoms with Crippen LogP contribution in [0.25, 0.3) is 0 Å². The van der Waals surface area contributed by atoms with Crippen molar-refractivity contribution in [1.82, 2.24) is 5.32 Å². The predicted molar refractivity (Wildman–Crippen MR) is 86.1 cm³/mol. The van der Waals surface area contributed by atoms with E-state index < -0.39 is 17.5 Å². The maximum atomic E-state index is 13.4. The highest BCUT2D eigenvalue weighted by Crippen LogP contribution is 2.14. The number of amides is 2. The van der Waals surface area contributed by atoms with Gasteiger partial charge in [-0.3, -0.25) is 9.59 Å². The quantitative estimate of drug-likeness (QED) is 0.831. The van der Waals surface area contributed by atoms with Gasteiger partial charge in [0.25, 0.3) is 5.91 Å². The molecule has 0 radical (unpaired) electrons. The van der Waals surface area contributed by atoms with E-state index in [4.69, 9.17) is 0 Å². The first-order valence-electron chi connectivity index (χ1n) is 6.74. The summed E-state index contributed by atoms with van der Waals surface area (Å²) in [5.74, 6) is -2.68. The van der Waals surface area contributed by atoms with E-state index >= 15 is 0 Å². The van der Waals surface area contributed by atoms with Gasteiger partial charge in [0.15, 0.2) is 0 Å². The van der Waals surface area contributed by atoms with Crippen LogP contribution in [0.4, 0.5) is 14.5 Å². The molecule has 0 spiro atoms. The summed E-state index contributed by atoms with van der Waals surface area (Å²) in [5, 5.41) is 5.08. The van der Waals surface area contributed by atoms with Crippen molar-refractivity contribution in [3.8, 4) is 0 Å². The van der Waals surface area contributed by atoms with E-state index in [0.717, 1.165) is 16.6 Å². The maximum absolute atomic E-state index is 13.4. The lowest BCUT2D eigenvalue weighted by Gasteiger charge is -2.07. The van der Waals surface area contributed by atoms with E-state index in [1.807, 2.05) is 0 Å². The summed E-state index contributed by atoms with van der Waals surface area (Å²) in [5.41, 5.74) is 0.369. The lowest BCUT2D eigenvalue weighted by atomic mass is 10.2. The molecule has 0 heterocycles. The van der Waals surface area contributed by atoms with Crippen LogP contribution >= 0.6 is 15.9 Å². The highest BCUT2D eigenvalue weighted by Gasteiger charge is 2.12. The molecular formula is C16H13BrF2N2O2. The molecular weight excluding hydrogens is 370 g/mol. The Labute approximate surface area is 140 Å². The van der Waals surface area contributed by atoms with Crippen molar-refractivity contribution in [2.45, 2.75) is 6.42 Å².